The van der Waals surface area contributed by atoms with Crippen LogP contribution in [-0.4, -0.2) is 38.1 Å². The Morgan fingerprint density at radius 3 is 0.391 bits per heavy atom. The number of hydrogen-bond acceptors (Lipinski definition) is 5. The van der Waals surface area contributed by atoms with E-state index in [1.165, 1.54) is 0 Å². The van der Waals surface area contributed by atoms with E-state index in [0.29, 0.717) is 19.8 Å². The molecule has 5 heteroatoms. The second-order valence-corrected chi connectivity index (χ2v) is 22.2. The highest BCUT2D eigenvalue weighted by Crippen LogP contribution is 2.44. The molecule has 0 fully saturated rings. The monoisotopic (exact) mass is 1210 g/mol. The van der Waals surface area contributed by atoms with Gasteiger partial charge >= 0.3 is 0 Å². The summed E-state index contributed by atoms with van der Waals surface area (Å²) in [7, 11) is 0. The predicted octanol–water partition coefficient (Wildman–Crippen LogP) is 20.2. The zero-order chi connectivity index (χ0) is 63.8. The molecule has 12 aromatic rings. The maximum atomic E-state index is 9.35. The van der Waals surface area contributed by atoms with Crippen molar-refractivity contribution in [1.82, 2.24) is 0 Å². The highest BCUT2D eigenvalue weighted by molar-refractivity contribution is 5.52. The summed E-state index contributed by atoms with van der Waals surface area (Å²) in [6, 6.07) is 125. The minimum atomic E-state index is -0.730. The summed E-state index contributed by atoms with van der Waals surface area (Å²) in [5.74, 6) is 0. The van der Waals surface area contributed by atoms with Crippen LogP contribution in [0.3, 0.4) is 0 Å². The summed E-state index contributed by atoms with van der Waals surface area (Å²) in [4.78, 5) is 0. The molecule has 12 aromatic carbocycles. The molecule has 0 aliphatic heterocycles. The fourth-order valence-corrected chi connectivity index (χ4v) is 12.0. The van der Waals surface area contributed by atoms with Crippen LogP contribution < -0.4 is 0 Å². The molecule has 0 amide bonds. The molecule has 0 unspecified atom stereocenters. The molecule has 1 N–H and O–H groups in total. The lowest BCUT2D eigenvalue weighted by atomic mass is 9.80. The first-order valence-electron chi connectivity index (χ1n) is 32.3. The Morgan fingerprint density at radius 2 is 0.293 bits per heavy atom. The van der Waals surface area contributed by atoms with Gasteiger partial charge in [-0.25, -0.2) is 0 Å². The summed E-state index contributed by atoms with van der Waals surface area (Å²) < 4.78 is 25.9. The molecule has 0 atom stereocenters. The minimum Gasteiger partial charge on any atom is -0.394 e. The Balaban J connectivity index is 0.000000145. The van der Waals surface area contributed by atoms with Crippen molar-refractivity contribution >= 4 is 0 Å². The van der Waals surface area contributed by atoms with E-state index in [-0.39, 0.29) is 13.2 Å². The topological polar surface area (TPSA) is 57.2 Å². The van der Waals surface area contributed by atoms with Gasteiger partial charge in [-0.2, -0.15) is 0 Å². The SMILES string of the molecule is CCCOC(c1ccccc1)(c1ccccc1)c1ccccc1.CCCOC(c1ccccc1)(c1ccccc1)c1ccccc1.CCCOC(c1ccccc1)(c1ccccc1)c1ccccc1.OCCOC(c1ccccc1)(c1ccccc1)c1ccccc1. The molecule has 464 valence electrons. The fraction of sp³-hybridized carbons (Fsp3) is 0.172. The van der Waals surface area contributed by atoms with Crippen molar-refractivity contribution in [2.24, 2.45) is 0 Å². The Labute approximate surface area is 547 Å². The summed E-state index contributed by atoms with van der Waals surface area (Å²) in [6.07, 6.45) is 2.94. The molecule has 0 aliphatic carbocycles. The van der Waals surface area contributed by atoms with Crippen LogP contribution in [-0.2, 0) is 41.4 Å². The van der Waals surface area contributed by atoms with E-state index in [9.17, 15) is 5.11 Å². The highest BCUT2D eigenvalue weighted by Gasteiger charge is 2.41. The number of rotatable bonds is 24. The third kappa shape index (κ3) is 15.9. The van der Waals surface area contributed by atoms with E-state index in [1.54, 1.807) is 0 Å². The first-order valence-corrected chi connectivity index (χ1v) is 32.3. The quantitative estimate of drug-likeness (QED) is 0.0611. The number of aliphatic hydroxyl groups excluding tert-OH is 1. The predicted molar refractivity (Wildman–Crippen MR) is 379 cm³/mol. The first kappa shape index (κ1) is 66.8. The Morgan fingerprint density at radius 1 is 0.185 bits per heavy atom. The Bertz CT molecular complexity index is 2960. The molecule has 5 nitrogen and oxygen atoms in total. The van der Waals surface area contributed by atoms with Crippen LogP contribution in [0.5, 0.6) is 0 Å². The van der Waals surface area contributed by atoms with Crippen LogP contribution in [0, 0.1) is 0 Å². The van der Waals surface area contributed by atoms with Crippen LogP contribution in [0.4, 0.5) is 0 Å². The van der Waals surface area contributed by atoms with Gasteiger partial charge in [0.2, 0.25) is 0 Å². The molecule has 0 heterocycles. The van der Waals surface area contributed by atoms with Gasteiger partial charge in [-0.05, 0) is 86.0 Å². The summed E-state index contributed by atoms with van der Waals surface area (Å²) in [5.41, 5.74) is 11.1. The smallest absolute Gasteiger partial charge is 0.143 e. The van der Waals surface area contributed by atoms with Crippen LogP contribution in [0.15, 0.2) is 364 Å². The van der Waals surface area contributed by atoms with Crippen molar-refractivity contribution < 1.29 is 24.1 Å². The molecule has 0 radical (unpaired) electrons. The molecule has 92 heavy (non-hydrogen) atoms. The van der Waals surface area contributed by atoms with E-state index >= 15 is 0 Å². The second kappa shape index (κ2) is 35.2. The van der Waals surface area contributed by atoms with E-state index in [1.807, 2.05) is 109 Å². The van der Waals surface area contributed by atoms with Crippen molar-refractivity contribution in [2.75, 3.05) is 33.0 Å². The molecule has 0 aromatic heterocycles. The van der Waals surface area contributed by atoms with E-state index < -0.39 is 22.4 Å². The fourth-order valence-electron chi connectivity index (χ4n) is 12.0. The second-order valence-electron chi connectivity index (χ2n) is 22.2. The van der Waals surface area contributed by atoms with Gasteiger partial charge in [0.1, 0.15) is 22.4 Å². The summed E-state index contributed by atoms with van der Waals surface area (Å²) >= 11 is 0. The molecule has 0 spiro atoms. The van der Waals surface area contributed by atoms with E-state index in [2.05, 4.69) is 276 Å². The highest BCUT2D eigenvalue weighted by atomic mass is 16.5. The van der Waals surface area contributed by atoms with Crippen molar-refractivity contribution in [3.8, 4) is 0 Å². The standard InChI is InChI=1S/3C22H22O.C21H20O2/c3*1-2-18-23-22(19-12-6-3-7-13-19,20-14-8-4-9-15-20)21-16-10-5-11-17-21;22-16-17-23-21(18-10-4-1-5-11-18,19-12-6-2-7-13-19)20-14-8-3-9-15-20/h3*3-17H,2,18H2,1H3;1-15,22H,16-17H2. The van der Waals surface area contributed by atoms with Gasteiger partial charge in [0.25, 0.3) is 0 Å². The molecule has 0 bridgehead atoms. The van der Waals surface area contributed by atoms with E-state index in [4.69, 9.17) is 18.9 Å². The van der Waals surface area contributed by atoms with Crippen molar-refractivity contribution in [2.45, 2.75) is 62.4 Å². The van der Waals surface area contributed by atoms with Gasteiger partial charge in [-0.3, -0.25) is 0 Å². The molecule has 12 rings (SSSR count). The number of hydrogen-bond donors (Lipinski definition) is 1. The van der Waals surface area contributed by atoms with Gasteiger partial charge in [-0.1, -0.05) is 385 Å². The molecular formula is C87H86O5. The van der Waals surface area contributed by atoms with Crippen LogP contribution in [0.1, 0.15) is 107 Å². The molecule has 0 saturated heterocycles. The molecule has 0 saturated carbocycles. The van der Waals surface area contributed by atoms with Crippen LogP contribution >= 0.6 is 0 Å². The largest absolute Gasteiger partial charge is 0.394 e. The van der Waals surface area contributed by atoms with Crippen LogP contribution in [0.2, 0.25) is 0 Å². The molecular weight excluding hydrogens is 1120 g/mol. The lowest BCUT2D eigenvalue weighted by Crippen LogP contribution is -2.33. The van der Waals surface area contributed by atoms with Gasteiger partial charge in [-0.15, -0.1) is 0 Å². The van der Waals surface area contributed by atoms with Gasteiger partial charge in [0.15, 0.2) is 0 Å². The maximum absolute atomic E-state index is 9.35. The van der Waals surface area contributed by atoms with Crippen molar-refractivity contribution in [1.29, 1.82) is 0 Å². The van der Waals surface area contributed by atoms with Gasteiger partial charge in [0.05, 0.1) is 13.2 Å². The normalized spacial score (nSPS) is 11.3. The molecule has 0 aliphatic rings. The maximum Gasteiger partial charge on any atom is 0.143 e. The lowest BCUT2D eigenvalue weighted by molar-refractivity contribution is -0.00644. The van der Waals surface area contributed by atoms with Gasteiger partial charge < -0.3 is 24.1 Å². The average Bonchev–Trinajstić information content (AvgIpc) is 0.847. The first-order chi connectivity index (χ1) is 45.5. The third-order valence-corrected chi connectivity index (χ3v) is 16.1. The minimum absolute atomic E-state index is 0.0196. The summed E-state index contributed by atoms with van der Waals surface area (Å²) in [5, 5.41) is 9.35. The number of aliphatic hydroxyl groups is 1. The zero-order valence-electron chi connectivity index (χ0n) is 53.4. The third-order valence-electron chi connectivity index (χ3n) is 16.1. The zero-order valence-corrected chi connectivity index (χ0v) is 53.4. The lowest BCUT2D eigenvalue weighted by Gasteiger charge is -2.36. The van der Waals surface area contributed by atoms with Crippen molar-refractivity contribution in [3.63, 3.8) is 0 Å². The Kier molecular flexibility index (Phi) is 25.5. The van der Waals surface area contributed by atoms with Crippen molar-refractivity contribution in [3.05, 3.63) is 431 Å². The van der Waals surface area contributed by atoms with E-state index in [0.717, 1.165) is 86.0 Å². The van der Waals surface area contributed by atoms with Gasteiger partial charge in [0, 0.05) is 19.8 Å². The summed E-state index contributed by atoms with van der Waals surface area (Å²) in [6.45, 7) is 8.80. The van der Waals surface area contributed by atoms with Crippen LogP contribution in [0.25, 0.3) is 0 Å². The number of benzene rings is 12. The number of ether oxygens (including phenoxy) is 4. The average molecular weight is 1210 g/mol. The Hall–Kier alpha value is -9.56.